The number of rotatable bonds is 3. The van der Waals surface area contributed by atoms with Gasteiger partial charge in [-0.3, -0.25) is 4.79 Å². The highest BCUT2D eigenvalue weighted by Gasteiger charge is 2.24. The molecule has 0 unspecified atom stereocenters. The Morgan fingerprint density at radius 1 is 1.11 bits per heavy atom. The maximum atomic E-state index is 12.3. The third kappa shape index (κ3) is 3.98. The Balaban J connectivity index is 1.57. The number of amides is 1. The van der Waals surface area contributed by atoms with Crippen LogP contribution in [0.2, 0.25) is 0 Å². The Bertz CT molecular complexity index is 1130. The largest absolute Gasteiger partial charge is 0.457 e. The summed E-state index contributed by atoms with van der Waals surface area (Å²) in [6.45, 7) is 4.03. The fraction of sp³-hybridized carbons (Fsp3) is 0.0909. The molecule has 0 atom stereocenters. The van der Waals surface area contributed by atoms with Crippen molar-refractivity contribution in [2.24, 2.45) is 4.99 Å². The first-order chi connectivity index (χ1) is 13.5. The van der Waals surface area contributed by atoms with Gasteiger partial charge >= 0.3 is 0 Å². The molecule has 1 aromatic heterocycles. The second-order valence-electron chi connectivity index (χ2n) is 6.45. The molecule has 3 aromatic rings. The third-order valence-electron chi connectivity index (χ3n) is 4.28. The molecule has 0 saturated carbocycles. The van der Waals surface area contributed by atoms with Gasteiger partial charge in [0, 0.05) is 16.1 Å². The number of nitrogens with one attached hydrogen (secondary N) is 1. The van der Waals surface area contributed by atoms with E-state index in [-0.39, 0.29) is 5.91 Å². The summed E-state index contributed by atoms with van der Waals surface area (Å²) in [5.41, 5.74) is 4.04. The predicted octanol–water partition coefficient (Wildman–Crippen LogP) is 6.22. The number of nitrogens with zero attached hydrogens (tertiary/aromatic N) is 1. The molecule has 1 N–H and O–H groups in total. The van der Waals surface area contributed by atoms with E-state index in [0.717, 1.165) is 27.0 Å². The standard InChI is InChI=1S/C22H17BrN2O2S/c1-13-7-9-16(17(23)11-13)19-10-8-15(27-19)12-20-21(26)25-22(28-20)24-18-6-4-3-5-14(18)2/h3-12H,1-2H3,(H,24,25,26). The van der Waals surface area contributed by atoms with E-state index in [2.05, 4.69) is 26.2 Å². The summed E-state index contributed by atoms with van der Waals surface area (Å²) >= 11 is 4.89. The fourth-order valence-corrected chi connectivity index (χ4v) is 4.31. The van der Waals surface area contributed by atoms with Crippen molar-refractivity contribution in [3.05, 3.63) is 80.9 Å². The lowest BCUT2D eigenvalue weighted by Crippen LogP contribution is -2.19. The van der Waals surface area contributed by atoms with Crippen molar-refractivity contribution in [2.75, 3.05) is 0 Å². The number of halogens is 1. The highest BCUT2D eigenvalue weighted by atomic mass is 79.9. The Hall–Kier alpha value is -2.57. The lowest BCUT2D eigenvalue weighted by Gasteiger charge is -2.02. The second kappa shape index (κ2) is 7.81. The maximum absolute atomic E-state index is 12.3. The van der Waals surface area contributed by atoms with Crippen molar-refractivity contribution in [1.29, 1.82) is 0 Å². The van der Waals surface area contributed by atoms with E-state index < -0.39 is 0 Å². The van der Waals surface area contributed by atoms with Gasteiger partial charge in [0.15, 0.2) is 5.17 Å². The number of hydrogen-bond donors (Lipinski definition) is 1. The molecule has 0 spiro atoms. The second-order valence-corrected chi connectivity index (χ2v) is 8.34. The van der Waals surface area contributed by atoms with Gasteiger partial charge in [0.2, 0.25) is 0 Å². The summed E-state index contributed by atoms with van der Waals surface area (Å²) in [5.74, 6) is 1.19. The summed E-state index contributed by atoms with van der Waals surface area (Å²) in [5, 5.41) is 3.38. The molecule has 1 aliphatic heterocycles. The monoisotopic (exact) mass is 452 g/mol. The average Bonchev–Trinajstić information content (AvgIpc) is 3.24. The van der Waals surface area contributed by atoms with Crippen LogP contribution in [-0.4, -0.2) is 11.1 Å². The van der Waals surface area contributed by atoms with Gasteiger partial charge < -0.3 is 9.73 Å². The highest BCUT2D eigenvalue weighted by Crippen LogP contribution is 2.33. The van der Waals surface area contributed by atoms with Crippen LogP contribution < -0.4 is 5.32 Å². The van der Waals surface area contributed by atoms with Crippen LogP contribution in [0.15, 0.2) is 73.4 Å². The number of aliphatic imine (C=N–C) groups is 1. The first kappa shape index (κ1) is 18.8. The quantitative estimate of drug-likeness (QED) is 0.480. The van der Waals surface area contributed by atoms with Crippen molar-refractivity contribution >= 4 is 50.5 Å². The van der Waals surface area contributed by atoms with E-state index >= 15 is 0 Å². The van der Waals surface area contributed by atoms with Crippen LogP contribution in [0, 0.1) is 13.8 Å². The zero-order valence-electron chi connectivity index (χ0n) is 15.3. The predicted molar refractivity (Wildman–Crippen MR) is 119 cm³/mol. The number of amidine groups is 1. The molecule has 0 aliphatic carbocycles. The van der Waals surface area contributed by atoms with E-state index in [1.54, 1.807) is 6.08 Å². The van der Waals surface area contributed by atoms with Gasteiger partial charge in [-0.25, -0.2) is 4.99 Å². The van der Waals surface area contributed by atoms with E-state index in [9.17, 15) is 4.79 Å². The van der Waals surface area contributed by atoms with Gasteiger partial charge in [0.05, 0.1) is 10.6 Å². The molecule has 4 nitrogen and oxygen atoms in total. The zero-order chi connectivity index (χ0) is 19.7. The van der Waals surface area contributed by atoms with Crippen molar-refractivity contribution in [3.63, 3.8) is 0 Å². The average molecular weight is 453 g/mol. The topological polar surface area (TPSA) is 54.6 Å². The van der Waals surface area contributed by atoms with Crippen LogP contribution in [0.3, 0.4) is 0 Å². The van der Waals surface area contributed by atoms with Gasteiger partial charge in [0.1, 0.15) is 11.5 Å². The molecular formula is C22H17BrN2O2S. The highest BCUT2D eigenvalue weighted by molar-refractivity contribution is 9.10. The molecule has 2 aromatic carbocycles. The maximum Gasteiger partial charge on any atom is 0.264 e. The first-order valence-corrected chi connectivity index (χ1v) is 10.3. The van der Waals surface area contributed by atoms with E-state index in [4.69, 9.17) is 4.42 Å². The molecule has 140 valence electrons. The normalized spacial score (nSPS) is 16.8. The van der Waals surface area contributed by atoms with Crippen molar-refractivity contribution in [2.45, 2.75) is 13.8 Å². The Morgan fingerprint density at radius 2 is 1.93 bits per heavy atom. The molecule has 2 heterocycles. The fourth-order valence-electron chi connectivity index (χ4n) is 2.80. The number of thioether (sulfide) groups is 1. The van der Waals surface area contributed by atoms with Crippen molar-refractivity contribution in [3.8, 4) is 11.3 Å². The van der Waals surface area contributed by atoms with Crippen LogP contribution in [0.4, 0.5) is 5.69 Å². The van der Waals surface area contributed by atoms with E-state index in [1.165, 1.54) is 17.3 Å². The van der Waals surface area contributed by atoms with Crippen LogP contribution in [0.1, 0.15) is 16.9 Å². The summed E-state index contributed by atoms with van der Waals surface area (Å²) < 4.78 is 6.91. The number of para-hydroxylation sites is 1. The van der Waals surface area contributed by atoms with Gasteiger partial charge in [-0.15, -0.1) is 0 Å². The molecule has 6 heteroatoms. The number of carbonyl (C=O) groups is 1. The smallest absolute Gasteiger partial charge is 0.264 e. The molecule has 1 saturated heterocycles. The van der Waals surface area contributed by atoms with Gasteiger partial charge in [-0.1, -0.05) is 40.2 Å². The Kier molecular flexibility index (Phi) is 5.24. The minimum Gasteiger partial charge on any atom is -0.457 e. The van der Waals surface area contributed by atoms with Crippen LogP contribution in [0.5, 0.6) is 0 Å². The molecule has 4 rings (SSSR count). The molecule has 1 fully saturated rings. The molecule has 1 aliphatic rings. The SMILES string of the molecule is Cc1ccc(-c2ccc(C=C3SC(=Nc4ccccc4C)NC3=O)o2)c(Br)c1. The minimum absolute atomic E-state index is 0.174. The molecule has 1 amide bonds. The number of carbonyl (C=O) groups excluding carboxylic acids is 1. The molecule has 28 heavy (non-hydrogen) atoms. The van der Waals surface area contributed by atoms with Gasteiger partial charge in [0.25, 0.3) is 5.91 Å². The lowest BCUT2D eigenvalue weighted by molar-refractivity contribution is -0.115. The molecule has 0 radical (unpaired) electrons. The minimum atomic E-state index is -0.174. The Morgan fingerprint density at radius 3 is 2.71 bits per heavy atom. The van der Waals surface area contributed by atoms with Gasteiger partial charge in [-0.2, -0.15) is 0 Å². The number of furan rings is 1. The lowest BCUT2D eigenvalue weighted by atomic mass is 10.1. The van der Waals surface area contributed by atoms with Gasteiger partial charge in [-0.05, 0) is 67.1 Å². The van der Waals surface area contributed by atoms with E-state index in [1.807, 2.05) is 68.4 Å². The van der Waals surface area contributed by atoms with Crippen LogP contribution in [0.25, 0.3) is 17.4 Å². The van der Waals surface area contributed by atoms with Crippen LogP contribution in [-0.2, 0) is 4.79 Å². The van der Waals surface area contributed by atoms with E-state index in [0.29, 0.717) is 15.8 Å². The van der Waals surface area contributed by atoms with Crippen molar-refractivity contribution in [1.82, 2.24) is 5.32 Å². The summed E-state index contributed by atoms with van der Waals surface area (Å²) in [6, 6.07) is 17.7. The summed E-state index contributed by atoms with van der Waals surface area (Å²) in [7, 11) is 0. The Labute approximate surface area is 175 Å². The number of aryl methyl sites for hydroxylation is 2. The number of hydrogen-bond acceptors (Lipinski definition) is 4. The van der Waals surface area contributed by atoms with Crippen molar-refractivity contribution < 1.29 is 9.21 Å². The summed E-state index contributed by atoms with van der Waals surface area (Å²) in [4.78, 5) is 17.4. The van der Waals surface area contributed by atoms with Crippen LogP contribution >= 0.6 is 27.7 Å². The number of benzene rings is 2. The zero-order valence-corrected chi connectivity index (χ0v) is 17.7. The summed E-state index contributed by atoms with van der Waals surface area (Å²) in [6.07, 6.45) is 1.74. The first-order valence-electron chi connectivity index (χ1n) is 8.71. The third-order valence-corrected chi connectivity index (χ3v) is 5.84. The molecule has 0 bridgehead atoms. The molecular weight excluding hydrogens is 436 g/mol.